The summed E-state index contributed by atoms with van der Waals surface area (Å²) in [5.41, 5.74) is 0. The fraction of sp³-hybridized carbons (Fsp3) is 0.857. The predicted molar refractivity (Wildman–Crippen MR) is 69.2 cm³/mol. The van der Waals surface area contributed by atoms with Crippen LogP contribution in [-0.4, -0.2) is 23.1 Å². The zero-order valence-corrected chi connectivity index (χ0v) is 12.5. The van der Waals surface area contributed by atoms with Crippen LogP contribution in [0.1, 0.15) is 54.3 Å². The topological polar surface area (TPSA) is 63.6 Å². The Morgan fingerprint density at radius 2 is 1.95 bits per heavy atom. The Balaban J connectivity index is 0. The molecule has 5 heteroatoms. The van der Waals surface area contributed by atoms with Crippen molar-refractivity contribution in [1.29, 1.82) is 0 Å². The van der Waals surface area contributed by atoms with Gasteiger partial charge in [-0.3, -0.25) is 9.59 Å². The Morgan fingerprint density at radius 1 is 1.32 bits per heavy atom. The first-order valence-corrected chi connectivity index (χ1v) is 6.81. The molecule has 0 spiro atoms. The fourth-order valence-electron chi connectivity index (χ4n) is 2.69. The summed E-state index contributed by atoms with van der Waals surface area (Å²) < 4.78 is 5.48. The standard InChI is InChI=1S/C14H24O4.Li.H/c1-9(2)11-5-4-10(3)8-12(11)18-14(17)7-6-13(15)16;;/h9-12H,4-8H2,1-3H3,(H,15,16);;/q;+1;-1. The third-order valence-corrected chi connectivity index (χ3v) is 3.79. The van der Waals surface area contributed by atoms with Gasteiger partial charge >= 0.3 is 30.8 Å². The number of aliphatic carboxylic acids is 1. The van der Waals surface area contributed by atoms with Crippen molar-refractivity contribution < 1.29 is 39.7 Å². The molecule has 4 nitrogen and oxygen atoms in total. The van der Waals surface area contributed by atoms with Crippen LogP contribution in [0.2, 0.25) is 0 Å². The summed E-state index contributed by atoms with van der Waals surface area (Å²) in [5, 5.41) is 8.54. The van der Waals surface area contributed by atoms with Crippen molar-refractivity contribution in [3.63, 3.8) is 0 Å². The van der Waals surface area contributed by atoms with E-state index >= 15 is 0 Å². The molecule has 106 valence electrons. The van der Waals surface area contributed by atoms with Crippen molar-refractivity contribution in [2.24, 2.45) is 17.8 Å². The van der Waals surface area contributed by atoms with Crippen molar-refractivity contribution in [3.05, 3.63) is 0 Å². The second-order valence-electron chi connectivity index (χ2n) is 5.75. The minimum Gasteiger partial charge on any atom is -1.00 e. The molecule has 0 bridgehead atoms. The molecule has 3 atom stereocenters. The molecule has 0 saturated heterocycles. The van der Waals surface area contributed by atoms with E-state index in [2.05, 4.69) is 20.8 Å². The second kappa shape index (κ2) is 8.66. The number of carbonyl (C=O) groups excluding carboxylic acids is 1. The number of rotatable bonds is 5. The van der Waals surface area contributed by atoms with Crippen molar-refractivity contribution in [2.75, 3.05) is 0 Å². The Hall–Kier alpha value is -0.463. The van der Waals surface area contributed by atoms with E-state index in [1.807, 2.05) is 0 Å². The SMILES string of the molecule is CC1CCC(C(C)C)C(OC(=O)CCC(=O)O)C1.[H-].[Li+]. The number of hydrogen-bond acceptors (Lipinski definition) is 3. The van der Waals surface area contributed by atoms with Gasteiger partial charge in [0.2, 0.25) is 0 Å². The van der Waals surface area contributed by atoms with Gasteiger partial charge in [-0.2, -0.15) is 0 Å². The zero-order chi connectivity index (χ0) is 13.7. The number of carboxylic acid groups (broad SMARTS) is 1. The van der Waals surface area contributed by atoms with Gasteiger partial charge < -0.3 is 11.3 Å². The normalized spacial score (nSPS) is 26.6. The van der Waals surface area contributed by atoms with E-state index in [-0.39, 0.29) is 45.2 Å². The first-order valence-electron chi connectivity index (χ1n) is 6.81. The van der Waals surface area contributed by atoms with E-state index in [0.717, 1.165) is 12.8 Å². The number of hydrogen-bond donors (Lipinski definition) is 1. The second-order valence-corrected chi connectivity index (χ2v) is 5.75. The van der Waals surface area contributed by atoms with Gasteiger partial charge in [0.15, 0.2) is 0 Å². The molecule has 1 aliphatic carbocycles. The van der Waals surface area contributed by atoms with Gasteiger partial charge in [0.1, 0.15) is 6.10 Å². The summed E-state index contributed by atoms with van der Waals surface area (Å²) in [7, 11) is 0. The zero-order valence-electron chi connectivity index (χ0n) is 13.5. The quantitative estimate of drug-likeness (QED) is 0.559. The third-order valence-electron chi connectivity index (χ3n) is 3.79. The molecule has 0 heterocycles. The Bertz CT molecular complexity index is 310. The molecule has 0 aromatic heterocycles. The molecule has 1 rings (SSSR count). The average molecular weight is 264 g/mol. The number of esters is 1. The van der Waals surface area contributed by atoms with Crippen LogP contribution in [0, 0.1) is 17.8 Å². The molecule has 0 aromatic rings. The van der Waals surface area contributed by atoms with Gasteiger partial charge in [-0.15, -0.1) is 0 Å². The largest absolute Gasteiger partial charge is 1.00 e. The fourth-order valence-corrected chi connectivity index (χ4v) is 2.69. The predicted octanol–water partition coefficient (Wildman–Crippen LogP) is -0.0283. The first kappa shape index (κ1) is 18.5. The molecular weight excluding hydrogens is 239 g/mol. The maximum Gasteiger partial charge on any atom is 1.00 e. The minimum absolute atomic E-state index is 0. The molecule has 0 radical (unpaired) electrons. The molecule has 1 N–H and O–H groups in total. The monoisotopic (exact) mass is 264 g/mol. The third kappa shape index (κ3) is 6.49. The molecule has 0 amide bonds. The van der Waals surface area contributed by atoms with Crippen LogP contribution in [0.3, 0.4) is 0 Å². The van der Waals surface area contributed by atoms with Gasteiger partial charge in [0.05, 0.1) is 12.8 Å². The van der Waals surface area contributed by atoms with Crippen molar-refractivity contribution in [3.8, 4) is 0 Å². The summed E-state index contributed by atoms with van der Waals surface area (Å²) >= 11 is 0. The molecule has 1 aliphatic rings. The van der Waals surface area contributed by atoms with E-state index in [1.54, 1.807) is 0 Å². The van der Waals surface area contributed by atoms with Crippen LogP contribution in [-0.2, 0) is 14.3 Å². The Morgan fingerprint density at radius 3 is 2.47 bits per heavy atom. The maximum atomic E-state index is 11.6. The molecule has 3 unspecified atom stereocenters. The molecule has 19 heavy (non-hydrogen) atoms. The Labute approximate surface area is 128 Å². The molecule has 1 saturated carbocycles. The summed E-state index contributed by atoms with van der Waals surface area (Å²) in [6, 6.07) is 0. The number of carbonyl (C=O) groups is 2. The van der Waals surface area contributed by atoms with Gasteiger partial charge in [-0.25, -0.2) is 0 Å². The van der Waals surface area contributed by atoms with E-state index in [4.69, 9.17) is 9.84 Å². The molecule has 0 aliphatic heterocycles. The Kier molecular flexibility index (Phi) is 8.45. The molecule has 1 fully saturated rings. The van der Waals surface area contributed by atoms with Crippen LogP contribution in [0.4, 0.5) is 0 Å². The van der Waals surface area contributed by atoms with Crippen LogP contribution >= 0.6 is 0 Å². The first-order chi connectivity index (χ1) is 8.40. The van der Waals surface area contributed by atoms with Gasteiger partial charge in [0, 0.05) is 0 Å². The van der Waals surface area contributed by atoms with Gasteiger partial charge in [0.25, 0.3) is 0 Å². The van der Waals surface area contributed by atoms with Gasteiger partial charge in [-0.1, -0.05) is 27.2 Å². The van der Waals surface area contributed by atoms with Crippen molar-refractivity contribution in [1.82, 2.24) is 0 Å². The summed E-state index contributed by atoms with van der Waals surface area (Å²) in [5.74, 6) is 0.161. The molecular formula is C14H25LiO4. The minimum atomic E-state index is -0.954. The van der Waals surface area contributed by atoms with E-state index < -0.39 is 5.97 Å². The van der Waals surface area contributed by atoms with Crippen molar-refractivity contribution in [2.45, 2.75) is 59.0 Å². The van der Waals surface area contributed by atoms with Crippen LogP contribution < -0.4 is 18.9 Å². The van der Waals surface area contributed by atoms with Crippen LogP contribution in [0.5, 0.6) is 0 Å². The number of carboxylic acids is 1. The van der Waals surface area contributed by atoms with Crippen LogP contribution in [0.25, 0.3) is 0 Å². The molecule has 0 aromatic carbocycles. The van der Waals surface area contributed by atoms with E-state index in [9.17, 15) is 9.59 Å². The van der Waals surface area contributed by atoms with E-state index in [0.29, 0.717) is 17.8 Å². The van der Waals surface area contributed by atoms with Gasteiger partial charge in [-0.05, 0) is 30.6 Å². The average Bonchev–Trinajstić information content (AvgIpc) is 2.26. The summed E-state index contributed by atoms with van der Waals surface area (Å²) in [6.07, 6.45) is 2.98. The number of ether oxygens (including phenoxy) is 1. The summed E-state index contributed by atoms with van der Waals surface area (Å²) in [4.78, 5) is 22.0. The summed E-state index contributed by atoms with van der Waals surface area (Å²) in [6.45, 7) is 6.48. The smallest absolute Gasteiger partial charge is 1.00 e. The van der Waals surface area contributed by atoms with Crippen molar-refractivity contribution >= 4 is 11.9 Å². The van der Waals surface area contributed by atoms with E-state index in [1.165, 1.54) is 6.42 Å². The van der Waals surface area contributed by atoms with Crippen LogP contribution in [0.15, 0.2) is 0 Å². The maximum absolute atomic E-state index is 11.6.